The lowest BCUT2D eigenvalue weighted by Crippen LogP contribution is -2.40. The summed E-state index contributed by atoms with van der Waals surface area (Å²) in [6, 6.07) is 8.72. The summed E-state index contributed by atoms with van der Waals surface area (Å²) in [5.41, 5.74) is -1.59. The third kappa shape index (κ3) is 3.08. The summed E-state index contributed by atoms with van der Waals surface area (Å²) >= 11 is 3.29. The molecule has 1 atom stereocenters. The summed E-state index contributed by atoms with van der Waals surface area (Å²) in [5.74, 6) is -1.22. The molecule has 1 aliphatic heterocycles. The number of carbonyl (C=O) groups is 2. The highest BCUT2D eigenvalue weighted by Gasteiger charge is 2.49. The molecule has 0 unspecified atom stereocenters. The number of rotatable bonds is 5. The lowest BCUT2D eigenvalue weighted by atomic mass is 9.88. The van der Waals surface area contributed by atoms with E-state index in [-0.39, 0.29) is 17.0 Å². The average molecular weight is 435 g/mol. The fourth-order valence-corrected chi connectivity index (χ4v) is 3.51. The maximum Gasteiger partial charge on any atom is 0.311 e. The number of ether oxygens (including phenoxy) is 1. The number of amides is 1. The van der Waals surface area contributed by atoms with Crippen molar-refractivity contribution < 1.29 is 24.4 Å². The molecule has 1 aliphatic rings. The van der Waals surface area contributed by atoms with Gasteiger partial charge in [0.25, 0.3) is 5.91 Å². The summed E-state index contributed by atoms with van der Waals surface area (Å²) in [6.07, 6.45) is -0.539. The van der Waals surface area contributed by atoms with E-state index in [2.05, 4.69) is 15.9 Å². The molecule has 1 amide bonds. The summed E-state index contributed by atoms with van der Waals surface area (Å²) in [5, 5.41) is 22.2. The van der Waals surface area contributed by atoms with Crippen LogP contribution >= 0.6 is 15.9 Å². The predicted octanol–water partition coefficient (Wildman–Crippen LogP) is 2.80. The van der Waals surface area contributed by atoms with Crippen molar-refractivity contribution in [3.05, 3.63) is 62.1 Å². The molecule has 3 rings (SSSR count). The van der Waals surface area contributed by atoms with Crippen molar-refractivity contribution in [3.8, 4) is 5.75 Å². The number of anilines is 1. The number of hydrogen-bond donors (Lipinski definition) is 1. The first-order valence-corrected chi connectivity index (χ1v) is 8.64. The fourth-order valence-electron chi connectivity index (χ4n) is 3.15. The van der Waals surface area contributed by atoms with Gasteiger partial charge in [-0.15, -0.1) is 0 Å². The quantitative estimate of drug-likeness (QED) is 0.440. The van der Waals surface area contributed by atoms with Crippen LogP contribution in [0.15, 0.2) is 40.9 Å². The normalized spacial score (nSPS) is 18.4. The topological polar surface area (TPSA) is 110 Å². The molecule has 0 aliphatic carbocycles. The van der Waals surface area contributed by atoms with Gasteiger partial charge in [-0.1, -0.05) is 15.9 Å². The number of halogens is 1. The number of nitro benzene ring substituents is 1. The van der Waals surface area contributed by atoms with E-state index in [1.54, 1.807) is 18.2 Å². The first-order valence-electron chi connectivity index (χ1n) is 7.85. The maximum atomic E-state index is 12.7. The molecular formula is C18H15BrN2O6. The summed E-state index contributed by atoms with van der Waals surface area (Å²) in [6.45, 7) is 0. The van der Waals surface area contributed by atoms with Crippen molar-refractivity contribution in [1.82, 2.24) is 0 Å². The second-order valence-electron chi connectivity index (χ2n) is 6.13. The zero-order valence-corrected chi connectivity index (χ0v) is 16.0. The van der Waals surface area contributed by atoms with Crippen molar-refractivity contribution in [3.63, 3.8) is 0 Å². The van der Waals surface area contributed by atoms with E-state index < -0.39 is 28.6 Å². The standard InChI is InChI=1S/C18H15BrN2O6/c1-20-13-5-4-11(19)8-12(13)18(24,17(20)23)9-15(22)10-3-6-16(27-2)14(7-10)21(25)26/h3-8,24H,9H2,1-2H3/t18-/m1/s1. The van der Waals surface area contributed by atoms with Crippen molar-refractivity contribution in [2.24, 2.45) is 0 Å². The molecule has 1 N–H and O–H groups in total. The van der Waals surface area contributed by atoms with Gasteiger partial charge in [-0.05, 0) is 30.3 Å². The van der Waals surface area contributed by atoms with E-state index in [9.17, 15) is 24.8 Å². The Morgan fingerprint density at radius 1 is 1.33 bits per heavy atom. The molecule has 140 valence electrons. The molecule has 0 fully saturated rings. The Labute approximate surface area is 162 Å². The van der Waals surface area contributed by atoms with Gasteiger partial charge in [0.2, 0.25) is 0 Å². The number of likely N-dealkylation sites (N-methyl/N-ethyl adjacent to an activating group) is 1. The SMILES string of the molecule is COc1ccc(C(=O)C[C@]2(O)C(=O)N(C)c3ccc(Br)cc32)cc1[N+](=O)[O-]. The molecule has 2 aromatic rings. The molecule has 1 heterocycles. The van der Waals surface area contributed by atoms with Crippen LogP contribution in [0.3, 0.4) is 0 Å². The van der Waals surface area contributed by atoms with Gasteiger partial charge in [0.1, 0.15) is 0 Å². The number of methoxy groups -OCH3 is 1. The van der Waals surface area contributed by atoms with E-state index in [0.29, 0.717) is 15.7 Å². The van der Waals surface area contributed by atoms with Gasteiger partial charge in [-0.2, -0.15) is 0 Å². The van der Waals surface area contributed by atoms with Crippen molar-refractivity contribution in [1.29, 1.82) is 0 Å². The van der Waals surface area contributed by atoms with E-state index in [0.717, 1.165) is 6.07 Å². The Morgan fingerprint density at radius 2 is 2.04 bits per heavy atom. The number of benzene rings is 2. The van der Waals surface area contributed by atoms with Crippen molar-refractivity contribution >= 4 is 39.0 Å². The molecule has 0 aromatic heterocycles. The number of aliphatic hydroxyl groups is 1. The third-order valence-corrected chi connectivity index (χ3v) is 5.03. The van der Waals surface area contributed by atoms with Gasteiger partial charge in [-0.25, -0.2) is 0 Å². The molecule has 0 spiro atoms. The van der Waals surface area contributed by atoms with Crippen LogP contribution in [0.2, 0.25) is 0 Å². The smallest absolute Gasteiger partial charge is 0.311 e. The second-order valence-corrected chi connectivity index (χ2v) is 7.05. The number of ketones is 1. The number of hydrogen-bond acceptors (Lipinski definition) is 6. The van der Waals surface area contributed by atoms with E-state index >= 15 is 0 Å². The zero-order chi connectivity index (χ0) is 19.9. The van der Waals surface area contributed by atoms with Crippen molar-refractivity contribution in [2.45, 2.75) is 12.0 Å². The minimum absolute atomic E-state index is 0.00910. The lowest BCUT2D eigenvalue weighted by molar-refractivity contribution is -0.385. The summed E-state index contributed by atoms with van der Waals surface area (Å²) in [7, 11) is 2.80. The van der Waals surface area contributed by atoms with Gasteiger partial charge in [0.15, 0.2) is 17.1 Å². The van der Waals surface area contributed by atoms with Gasteiger partial charge in [-0.3, -0.25) is 19.7 Å². The largest absolute Gasteiger partial charge is 0.490 e. The van der Waals surface area contributed by atoms with Crippen LogP contribution in [0.1, 0.15) is 22.3 Å². The Kier molecular flexibility index (Phi) is 4.75. The zero-order valence-electron chi connectivity index (χ0n) is 14.4. The van der Waals surface area contributed by atoms with Crippen LogP contribution in [-0.2, 0) is 10.4 Å². The average Bonchev–Trinajstić information content (AvgIpc) is 2.82. The number of carbonyl (C=O) groups excluding carboxylic acids is 2. The molecule has 27 heavy (non-hydrogen) atoms. The van der Waals surface area contributed by atoms with Crippen LogP contribution < -0.4 is 9.64 Å². The molecule has 0 saturated carbocycles. The first kappa shape index (κ1) is 19.0. The van der Waals surface area contributed by atoms with Gasteiger partial charge >= 0.3 is 5.69 Å². The molecule has 2 aromatic carbocycles. The summed E-state index contributed by atoms with van der Waals surface area (Å²) < 4.78 is 5.57. The van der Waals surface area contributed by atoms with E-state index in [1.165, 1.54) is 31.2 Å². The number of nitro groups is 1. The first-order chi connectivity index (χ1) is 12.7. The molecule has 9 heteroatoms. The lowest BCUT2D eigenvalue weighted by Gasteiger charge is -2.21. The molecule has 0 radical (unpaired) electrons. The van der Waals surface area contributed by atoms with Crippen LogP contribution in [0.5, 0.6) is 5.75 Å². The Bertz CT molecular complexity index is 976. The predicted molar refractivity (Wildman–Crippen MR) is 100 cm³/mol. The van der Waals surface area contributed by atoms with Crippen molar-refractivity contribution in [2.75, 3.05) is 19.1 Å². The van der Waals surface area contributed by atoms with E-state index in [1.807, 2.05) is 0 Å². The van der Waals surface area contributed by atoms with Crippen LogP contribution in [-0.4, -0.2) is 35.9 Å². The highest BCUT2D eigenvalue weighted by Crippen LogP contribution is 2.43. The second kappa shape index (κ2) is 6.75. The Hall–Kier alpha value is -2.78. The molecule has 0 saturated heterocycles. The van der Waals surface area contributed by atoms with Crippen LogP contribution in [0.4, 0.5) is 11.4 Å². The van der Waals surface area contributed by atoms with E-state index in [4.69, 9.17) is 4.74 Å². The third-order valence-electron chi connectivity index (χ3n) is 4.54. The van der Waals surface area contributed by atoms with Gasteiger partial charge in [0.05, 0.1) is 24.1 Å². The monoisotopic (exact) mass is 434 g/mol. The van der Waals surface area contributed by atoms with Crippen LogP contribution in [0.25, 0.3) is 0 Å². The highest BCUT2D eigenvalue weighted by atomic mass is 79.9. The maximum absolute atomic E-state index is 12.7. The summed E-state index contributed by atoms with van der Waals surface area (Å²) in [4.78, 5) is 37.1. The Balaban J connectivity index is 1.99. The minimum Gasteiger partial charge on any atom is -0.490 e. The van der Waals surface area contributed by atoms with Gasteiger partial charge < -0.3 is 14.7 Å². The molecular weight excluding hydrogens is 420 g/mol. The Morgan fingerprint density at radius 3 is 2.67 bits per heavy atom. The number of nitrogens with zero attached hydrogens (tertiary/aromatic N) is 2. The molecule has 0 bridgehead atoms. The highest BCUT2D eigenvalue weighted by molar-refractivity contribution is 9.10. The van der Waals surface area contributed by atoms with Gasteiger partial charge in [0, 0.05) is 28.7 Å². The molecule has 8 nitrogen and oxygen atoms in total. The number of Topliss-reactive ketones (excluding diaryl/α,β-unsaturated/α-hetero) is 1. The number of fused-ring (bicyclic) bond motifs is 1. The minimum atomic E-state index is -2.04. The fraction of sp³-hybridized carbons (Fsp3) is 0.222. The van der Waals surface area contributed by atoms with Crippen LogP contribution in [0, 0.1) is 10.1 Å².